The second kappa shape index (κ2) is 6.00. The lowest BCUT2D eigenvalue weighted by Gasteiger charge is -2.16. The van der Waals surface area contributed by atoms with Crippen LogP contribution in [0.15, 0.2) is 35.7 Å². The first-order valence-electron chi connectivity index (χ1n) is 5.87. The molecule has 0 spiro atoms. The molecule has 1 atom stereocenters. The largest absolute Gasteiger partial charge is 0.497 e. The number of thiophene rings is 1. The molecule has 4 heteroatoms. The van der Waals surface area contributed by atoms with E-state index >= 15 is 0 Å². The maximum Gasteiger partial charge on any atom is 0.119 e. The fraction of sp³-hybridized carbons (Fsp3) is 0.286. The molecule has 96 valence electrons. The number of rotatable bonds is 5. The summed E-state index contributed by atoms with van der Waals surface area (Å²) in [6.07, 6.45) is 0.852. The Morgan fingerprint density at radius 1 is 1.39 bits per heavy atom. The number of hydrogen-bond donors (Lipinski definition) is 2. The van der Waals surface area contributed by atoms with Gasteiger partial charge in [-0.25, -0.2) is 0 Å². The molecular formula is C14H18N2OS. The van der Waals surface area contributed by atoms with Crippen molar-refractivity contribution in [1.29, 1.82) is 0 Å². The van der Waals surface area contributed by atoms with Gasteiger partial charge in [0.25, 0.3) is 0 Å². The summed E-state index contributed by atoms with van der Waals surface area (Å²) in [5.41, 5.74) is 5.38. The Labute approximate surface area is 112 Å². The van der Waals surface area contributed by atoms with E-state index in [1.54, 1.807) is 18.4 Å². The van der Waals surface area contributed by atoms with Gasteiger partial charge in [-0.15, -0.1) is 11.3 Å². The third kappa shape index (κ3) is 2.90. The maximum atomic E-state index is 5.67. The van der Waals surface area contributed by atoms with Gasteiger partial charge in [0, 0.05) is 4.88 Å². The van der Waals surface area contributed by atoms with E-state index in [9.17, 15) is 0 Å². The highest BCUT2D eigenvalue weighted by molar-refractivity contribution is 7.10. The molecular weight excluding hydrogens is 244 g/mol. The second-order valence-corrected chi connectivity index (χ2v) is 5.33. The number of ether oxygens (including phenoxy) is 1. The van der Waals surface area contributed by atoms with E-state index in [1.165, 1.54) is 16.0 Å². The van der Waals surface area contributed by atoms with Gasteiger partial charge in [-0.05, 0) is 48.1 Å². The molecule has 2 aromatic rings. The molecule has 1 heterocycles. The van der Waals surface area contributed by atoms with E-state index in [1.807, 2.05) is 18.2 Å². The molecule has 0 saturated heterocycles. The Morgan fingerprint density at radius 3 is 2.83 bits per heavy atom. The van der Waals surface area contributed by atoms with Gasteiger partial charge in [0.1, 0.15) is 5.75 Å². The van der Waals surface area contributed by atoms with Crippen molar-refractivity contribution in [2.75, 3.05) is 7.11 Å². The van der Waals surface area contributed by atoms with Crippen LogP contribution in [0.2, 0.25) is 0 Å². The van der Waals surface area contributed by atoms with E-state index < -0.39 is 0 Å². The summed E-state index contributed by atoms with van der Waals surface area (Å²) in [5, 5.41) is 2.10. The lowest BCUT2D eigenvalue weighted by Crippen LogP contribution is -2.29. The van der Waals surface area contributed by atoms with E-state index in [4.69, 9.17) is 10.6 Å². The van der Waals surface area contributed by atoms with Gasteiger partial charge in [0.2, 0.25) is 0 Å². The predicted molar refractivity (Wildman–Crippen MR) is 75.8 cm³/mol. The van der Waals surface area contributed by atoms with E-state index in [2.05, 4.69) is 29.9 Å². The number of hydrogen-bond acceptors (Lipinski definition) is 4. The molecule has 3 nitrogen and oxygen atoms in total. The molecule has 0 aliphatic heterocycles. The van der Waals surface area contributed by atoms with Crippen LogP contribution in [0.4, 0.5) is 0 Å². The SMILES string of the molecule is COc1cccc(CC(NN)c2ccsc2C)c1. The van der Waals surface area contributed by atoms with Crippen LogP contribution in [0.5, 0.6) is 5.75 Å². The Balaban J connectivity index is 2.18. The third-order valence-corrected chi connectivity index (χ3v) is 3.91. The number of hydrazine groups is 1. The van der Waals surface area contributed by atoms with Crippen LogP contribution in [-0.4, -0.2) is 7.11 Å². The van der Waals surface area contributed by atoms with E-state index in [0.717, 1.165) is 12.2 Å². The van der Waals surface area contributed by atoms with Crippen LogP contribution in [0.1, 0.15) is 22.0 Å². The van der Waals surface area contributed by atoms with Crippen LogP contribution in [-0.2, 0) is 6.42 Å². The van der Waals surface area contributed by atoms with Gasteiger partial charge >= 0.3 is 0 Å². The number of benzene rings is 1. The van der Waals surface area contributed by atoms with Gasteiger partial charge in [-0.1, -0.05) is 12.1 Å². The summed E-state index contributed by atoms with van der Waals surface area (Å²) in [6.45, 7) is 2.12. The number of aryl methyl sites for hydroxylation is 1. The van der Waals surface area contributed by atoms with Gasteiger partial charge < -0.3 is 4.74 Å². The minimum atomic E-state index is 0.142. The Morgan fingerprint density at radius 2 is 2.22 bits per heavy atom. The van der Waals surface area contributed by atoms with Crippen molar-refractivity contribution in [3.63, 3.8) is 0 Å². The molecule has 1 unspecified atom stereocenters. The second-order valence-electron chi connectivity index (χ2n) is 4.21. The number of nitrogens with two attached hydrogens (primary N) is 1. The summed E-state index contributed by atoms with van der Waals surface area (Å²) < 4.78 is 5.23. The molecule has 0 bridgehead atoms. The number of nitrogens with one attached hydrogen (secondary N) is 1. The van der Waals surface area contributed by atoms with Gasteiger partial charge in [0.15, 0.2) is 0 Å². The van der Waals surface area contributed by atoms with Crippen LogP contribution >= 0.6 is 11.3 Å². The van der Waals surface area contributed by atoms with E-state index in [0.29, 0.717) is 0 Å². The summed E-state index contributed by atoms with van der Waals surface area (Å²) in [7, 11) is 1.68. The topological polar surface area (TPSA) is 47.3 Å². The van der Waals surface area contributed by atoms with Crippen molar-refractivity contribution in [1.82, 2.24) is 5.43 Å². The lowest BCUT2D eigenvalue weighted by molar-refractivity contribution is 0.414. The average Bonchev–Trinajstić information content (AvgIpc) is 2.82. The highest BCUT2D eigenvalue weighted by Gasteiger charge is 2.14. The van der Waals surface area contributed by atoms with Crippen molar-refractivity contribution < 1.29 is 4.74 Å². The van der Waals surface area contributed by atoms with E-state index in [-0.39, 0.29) is 6.04 Å². The summed E-state index contributed by atoms with van der Waals surface area (Å²) in [5.74, 6) is 6.55. The summed E-state index contributed by atoms with van der Waals surface area (Å²) in [4.78, 5) is 1.31. The first kappa shape index (κ1) is 13.1. The minimum Gasteiger partial charge on any atom is -0.497 e. The molecule has 1 aromatic heterocycles. The molecule has 0 aliphatic rings. The van der Waals surface area contributed by atoms with Crippen molar-refractivity contribution in [2.45, 2.75) is 19.4 Å². The summed E-state index contributed by atoms with van der Waals surface area (Å²) in [6, 6.07) is 10.4. The minimum absolute atomic E-state index is 0.142. The first-order chi connectivity index (χ1) is 8.74. The smallest absolute Gasteiger partial charge is 0.119 e. The molecule has 18 heavy (non-hydrogen) atoms. The van der Waals surface area contributed by atoms with Gasteiger partial charge in [-0.2, -0.15) is 0 Å². The monoisotopic (exact) mass is 262 g/mol. The predicted octanol–water partition coefficient (Wildman–Crippen LogP) is 2.81. The quantitative estimate of drug-likeness (QED) is 0.643. The molecule has 0 radical (unpaired) electrons. The highest BCUT2D eigenvalue weighted by Crippen LogP contribution is 2.26. The lowest BCUT2D eigenvalue weighted by atomic mass is 10.00. The van der Waals surface area contributed by atoms with Crippen molar-refractivity contribution in [2.24, 2.45) is 5.84 Å². The first-order valence-corrected chi connectivity index (χ1v) is 6.75. The fourth-order valence-corrected chi connectivity index (χ4v) is 2.82. The van der Waals surface area contributed by atoms with Gasteiger partial charge in [-0.3, -0.25) is 11.3 Å². The molecule has 0 amide bonds. The normalized spacial score (nSPS) is 12.4. The zero-order valence-electron chi connectivity index (χ0n) is 10.6. The Hall–Kier alpha value is -1.36. The Kier molecular flexibility index (Phi) is 4.36. The highest BCUT2D eigenvalue weighted by atomic mass is 32.1. The molecule has 0 saturated carbocycles. The zero-order valence-corrected chi connectivity index (χ0v) is 11.5. The molecule has 3 N–H and O–H groups in total. The average molecular weight is 262 g/mol. The standard InChI is InChI=1S/C14H18N2OS/c1-10-13(6-7-18-10)14(16-15)9-11-4-3-5-12(8-11)17-2/h3-8,14,16H,9,15H2,1-2H3. The van der Waals surface area contributed by atoms with Crippen LogP contribution in [0, 0.1) is 6.92 Å². The third-order valence-electron chi connectivity index (χ3n) is 3.05. The molecule has 1 aromatic carbocycles. The number of methoxy groups -OCH3 is 1. The van der Waals surface area contributed by atoms with Crippen LogP contribution < -0.4 is 16.0 Å². The molecule has 2 rings (SSSR count). The zero-order chi connectivity index (χ0) is 13.0. The Bertz CT molecular complexity index is 510. The van der Waals surface area contributed by atoms with Crippen molar-refractivity contribution >= 4 is 11.3 Å². The maximum absolute atomic E-state index is 5.67. The van der Waals surface area contributed by atoms with Crippen LogP contribution in [0.3, 0.4) is 0 Å². The molecule has 0 aliphatic carbocycles. The summed E-state index contributed by atoms with van der Waals surface area (Å²) >= 11 is 1.75. The fourth-order valence-electron chi connectivity index (χ4n) is 2.05. The molecule has 0 fully saturated rings. The van der Waals surface area contributed by atoms with Gasteiger partial charge in [0.05, 0.1) is 13.2 Å². The van der Waals surface area contributed by atoms with Crippen LogP contribution in [0.25, 0.3) is 0 Å². The van der Waals surface area contributed by atoms with Crippen molar-refractivity contribution in [3.05, 3.63) is 51.7 Å². The van der Waals surface area contributed by atoms with Crippen molar-refractivity contribution in [3.8, 4) is 5.75 Å².